The van der Waals surface area contributed by atoms with Crippen LogP contribution in [0.1, 0.15) is 21.7 Å². The zero-order chi connectivity index (χ0) is 21.3. The van der Waals surface area contributed by atoms with Gasteiger partial charge in [-0.05, 0) is 29.8 Å². The fourth-order valence-corrected chi connectivity index (χ4v) is 4.22. The summed E-state index contributed by atoms with van der Waals surface area (Å²) in [5.74, 6) is -0.855. The third kappa shape index (κ3) is 4.00. The minimum absolute atomic E-state index is 0.185. The fraction of sp³-hybridized carbons (Fsp3) is 0.0455. The van der Waals surface area contributed by atoms with Gasteiger partial charge in [0.15, 0.2) is 0 Å². The standard InChI is InChI=1S/C22H15NO5S2/c24-17-10-14(6-8-16(17)21(26)27)18-9-7-15(28-18)11-19-20(25)23(22(29)30-19)12-13-4-2-1-3-5-13/h1-11,24H,12H2,(H,26,27)/b19-11-. The van der Waals surface area contributed by atoms with Crippen molar-refractivity contribution in [2.24, 2.45) is 0 Å². The Bertz CT molecular complexity index is 1180. The molecule has 0 saturated carbocycles. The second kappa shape index (κ2) is 8.17. The first-order valence-electron chi connectivity index (χ1n) is 8.88. The fourth-order valence-electron chi connectivity index (χ4n) is 2.98. The molecule has 1 amide bonds. The SMILES string of the molecule is O=C(O)c1ccc(-c2ccc(/C=C3\SC(=S)N(Cc4ccccc4)C3=O)o2)cc1O. The number of nitrogens with zero attached hydrogens (tertiary/aromatic N) is 1. The Kier molecular flexibility index (Phi) is 5.43. The Hall–Kier alpha value is -3.36. The maximum absolute atomic E-state index is 12.8. The zero-order valence-corrected chi connectivity index (χ0v) is 17.1. The maximum Gasteiger partial charge on any atom is 0.339 e. The number of amides is 1. The molecule has 3 aromatic rings. The number of benzene rings is 2. The molecule has 1 fully saturated rings. The van der Waals surface area contributed by atoms with Crippen molar-refractivity contribution in [1.82, 2.24) is 4.90 Å². The Morgan fingerprint density at radius 3 is 2.60 bits per heavy atom. The number of aromatic carboxylic acids is 1. The molecule has 1 aliphatic rings. The van der Waals surface area contributed by atoms with E-state index in [1.165, 1.54) is 23.9 Å². The van der Waals surface area contributed by atoms with Gasteiger partial charge in [-0.25, -0.2) is 4.79 Å². The van der Waals surface area contributed by atoms with Crippen molar-refractivity contribution >= 4 is 46.3 Å². The van der Waals surface area contributed by atoms with Crippen LogP contribution in [0.15, 0.2) is 70.0 Å². The summed E-state index contributed by atoms with van der Waals surface area (Å²) in [4.78, 5) is 25.8. The van der Waals surface area contributed by atoms with E-state index in [1.807, 2.05) is 30.3 Å². The zero-order valence-electron chi connectivity index (χ0n) is 15.4. The summed E-state index contributed by atoms with van der Waals surface area (Å²) < 4.78 is 6.24. The van der Waals surface area contributed by atoms with E-state index < -0.39 is 5.97 Å². The second-order valence-electron chi connectivity index (χ2n) is 6.49. The molecular weight excluding hydrogens is 422 g/mol. The lowest BCUT2D eigenvalue weighted by atomic mass is 10.1. The third-order valence-corrected chi connectivity index (χ3v) is 5.85. The number of hydrogen-bond acceptors (Lipinski definition) is 6. The van der Waals surface area contributed by atoms with Crippen molar-refractivity contribution in [3.63, 3.8) is 0 Å². The van der Waals surface area contributed by atoms with Crippen LogP contribution in [0.3, 0.4) is 0 Å². The van der Waals surface area contributed by atoms with Gasteiger partial charge in [0.05, 0.1) is 11.4 Å². The van der Waals surface area contributed by atoms with Crippen LogP contribution in [0.4, 0.5) is 0 Å². The molecule has 0 bridgehead atoms. The van der Waals surface area contributed by atoms with Gasteiger partial charge in [-0.15, -0.1) is 0 Å². The van der Waals surface area contributed by atoms with Gasteiger partial charge >= 0.3 is 5.97 Å². The van der Waals surface area contributed by atoms with Crippen molar-refractivity contribution in [3.05, 3.63) is 82.5 Å². The van der Waals surface area contributed by atoms with E-state index in [4.69, 9.17) is 21.7 Å². The molecule has 1 saturated heterocycles. The minimum Gasteiger partial charge on any atom is -0.507 e. The van der Waals surface area contributed by atoms with Gasteiger partial charge in [-0.2, -0.15) is 0 Å². The summed E-state index contributed by atoms with van der Waals surface area (Å²) in [5.41, 5.74) is 1.32. The lowest BCUT2D eigenvalue weighted by molar-refractivity contribution is -0.122. The van der Waals surface area contributed by atoms with E-state index >= 15 is 0 Å². The molecule has 0 aliphatic carbocycles. The smallest absolute Gasteiger partial charge is 0.339 e. The third-order valence-electron chi connectivity index (χ3n) is 4.47. The number of hydrogen-bond donors (Lipinski definition) is 2. The van der Waals surface area contributed by atoms with Crippen LogP contribution in [0.25, 0.3) is 17.4 Å². The molecule has 0 atom stereocenters. The molecule has 1 aromatic heterocycles. The summed E-state index contributed by atoms with van der Waals surface area (Å²) in [6, 6.07) is 17.2. The van der Waals surface area contributed by atoms with Crippen LogP contribution < -0.4 is 0 Å². The predicted octanol–water partition coefficient (Wildman–Crippen LogP) is 4.75. The van der Waals surface area contributed by atoms with Crippen molar-refractivity contribution in [2.75, 3.05) is 0 Å². The highest BCUT2D eigenvalue weighted by Gasteiger charge is 2.32. The maximum atomic E-state index is 12.8. The number of rotatable bonds is 5. The van der Waals surface area contributed by atoms with Crippen LogP contribution in [0.5, 0.6) is 5.75 Å². The molecule has 150 valence electrons. The molecule has 0 unspecified atom stereocenters. The molecule has 0 radical (unpaired) electrons. The molecule has 1 aliphatic heterocycles. The average Bonchev–Trinajstić information content (AvgIpc) is 3.29. The van der Waals surface area contributed by atoms with Crippen molar-refractivity contribution in [2.45, 2.75) is 6.54 Å². The number of furan rings is 1. The summed E-state index contributed by atoms with van der Waals surface area (Å²) in [5, 5.41) is 18.9. The average molecular weight is 437 g/mol. The van der Waals surface area contributed by atoms with Crippen LogP contribution >= 0.6 is 24.0 Å². The molecule has 2 N–H and O–H groups in total. The van der Waals surface area contributed by atoms with Gasteiger partial charge in [0.25, 0.3) is 5.91 Å². The topological polar surface area (TPSA) is 91.0 Å². The Morgan fingerprint density at radius 1 is 1.13 bits per heavy atom. The quantitative estimate of drug-likeness (QED) is 0.440. The van der Waals surface area contributed by atoms with E-state index in [9.17, 15) is 14.7 Å². The Labute approximate surface area is 181 Å². The number of carboxylic acids is 1. The Balaban J connectivity index is 1.54. The van der Waals surface area contributed by atoms with E-state index in [-0.39, 0.29) is 17.2 Å². The van der Waals surface area contributed by atoms with Crippen molar-refractivity contribution < 1.29 is 24.2 Å². The van der Waals surface area contributed by atoms with Gasteiger partial charge in [0.1, 0.15) is 27.2 Å². The number of carbonyl (C=O) groups excluding carboxylic acids is 1. The highest BCUT2D eigenvalue weighted by atomic mass is 32.2. The van der Waals surface area contributed by atoms with Crippen LogP contribution in [-0.2, 0) is 11.3 Å². The molecule has 6 nitrogen and oxygen atoms in total. The first-order valence-corrected chi connectivity index (χ1v) is 10.1. The molecule has 2 heterocycles. The van der Waals surface area contributed by atoms with Crippen LogP contribution in [-0.4, -0.2) is 31.3 Å². The first kappa shape index (κ1) is 19.9. The lowest BCUT2D eigenvalue weighted by Crippen LogP contribution is -2.27. The van der Waals surface area contributed by atoms with Gasteiger partial charge in [-0.1, -0.05) is 60.4 Å². The van der Waals surface area contributed by atoms with E-state index in [2.05, 4.69) is 0 Å². The number of phenols is 1. The molecule has 0 spiro atoms. The second-order valence-corrected chi connectivity index (χ2v) is 8.17. The highest BCUT2D eigenvalue weighted by Crippen LogP contribution is 2.35. The van der Waals surface area contributed by atoms with Crippen molar-refractivity contribution in [1.29, 1.82) is 0 Å². The number of carboxylic acid groups (broad SMARTS) is 1. The number of carbonyl (C=O) groups is 2. The number of thioether (sulfide) groups is 1. The van der Waals surface area contributed by atoms with Gasteiger partial charge in [0.2, 0.25) is 0 Å². The summed E-state index contributed by atoms with van der Waals surface area (Å²) in [7, 11) is 0. The van der Waals surface area contributed by atoms with Crippen LogP contribution in [0.2, 0.25) is 0 Å². The molecule has 8 heteroatoms. The monoisotopic (exact) mass is 437 g/mol. The molecule has 2 aromatic carbocycles. The highest BCUT2D eigenvalue weighted by molar-refractivity contribution is 8.26. The normalized spacial score (nSPS) is 15.2. The van der Waals surface area contributed by atoms with E-state index in [1.54, 1.807) is 29.2 Å². The molecule has 30 heavy (non-hydrogen) atoms. The van der Waals surface area contributed by atoms with E-state index in [0.29, 0.717) is 32.9 Å². The number of thiocarbonyl (C=S) groups is 1. The summed E-state index contributed by atoms with van der Waals surface area (Å²) in [6.45, 7) is 0.404. The van der Waals surface area contributed by atoms with Crippen LogP contribution in [0, 0.1) is 0 Å². The van der Waals surface area contributed by atoms with Gasteiger partial charge < -0.3 is 14.6 Å². The largest absolute Gasteiger partial charge is 0.507 e. The van der Waals surface area contributed by atoms with Gasteiger partial charge in [0, 0.05) is 11.6 Å². The molecule has 4 rings (SSSR count). The predicted molar refractivity (Wildman–Crippen MR) is 118 cm³/mol. The van der Waals surface area contributed by atoms with Crippen molar-refractivity contribution in [3.8, 4) is 17.1 Å². The number of aromatic hydroxyl groups is 1. The Morgan fingerprint density at radius 2 is 1.90 bits per heavy atom. The minimum atomic E-state index is -1.21. The summed E-state index contributed by atoms with van der Waals surface area (Å²) >= 11 is 6.57. The van der Waals surface area contributed by atoms with E-state index in [0.717, 1.165) is 5.56 Å². The van der Waals surface area contributed by atoms with Gasteiger partial charge in [-0.3, -0.25) is 9.69 Å². The first-order chi connectivity index (χ1) is 14.4. The molecular formula is C22H15NO5S2. The summed E-state index contributed by atoms with van der Waals surface area (Å²) in [6.07, 6.45) is 1.62. The lowest BCUT2D eigenvalue weighted by Gasteiger charge is -2.14.